The zero-order valence-electron chi connectivity index (χ0n) is 11.8. The van der Waals surface area contributed by atoms with E-state index in [9.17, 15) is 4.79 Å². The van der Waals surface area contributed by atoms with Crippen LogP contribution in [-0.2, 0) is 0 Å². The predicted molar refractivity (Wildman–Crippen MR) is 93.3 cm³/mol. The van der Waals surface area contributed by atoms with Gasteiger partial charge in [0.2, 0.25) is 0 Å². The van der Waals surface area contributed by atoms with Crippen LogP contribution in [0, 0.1) is 0 Å². The number of para-hydroxylation sites is 1. The molecule has 0 fully saturated rings. The second-order valence-corrected chi connectivity index (χ2v) is 5.56. The van der Waals surface area contributed by atoms with Gasteiger partial charge in [-0.1, -0.05) is 41.4 Å². The van der Waals surface area contributed by atoms with Gasteiger partial charge in [0.05, 0.1) is 11.7 Å². The van der Waals surface area contributed by atoms with Crippen molar-refractivity contribution in [3.63, 3.8) is 0 Å². The molecule has 3 rings (SSSR count). The Kier molecular flexibility index (Phi) is 4.55. The van der Waals surface area contributed by atoms with Gasteiger partial charge in [-0.3, -0.25) is 4.79 Å². The first-order valence-electron chi connectivity index (χ1n) is 6.78. The van der Waals surface area contributed by atoms with Crippen molar-refractivity contribution in [3.8, 4) is 0 Å². The van der Waals surface area contributed by atoms with Crippen LogP contribution in [0.5, 0.6) is 0 Å². The van der Waals surface area contributed by atoms with Crippen LogP contribution in [0.15, 0.2) is 59.7 Å². The summed E-state index contributed by atoms with van der Waals surface area (Å²) in [4.78, 5) is 16.2. The standard InChI is InChI=1S/C17H11Cl2N3O/c18-14-7-5-11(6-8-14)17(23)22-20-10-13-9-12-3-1-2-4-15(12)21-16(13)19/h1-10H,(H,22,23)/b20-10-. The van der Waals surface area contributed by atoms with Gasteiger partial charge in [-0.25, -0.2) is 10.4 Å². The quantitative estimate of drug-likeness (QED) is 0.437. The number of nitrogens with one attached hydrogen (secondary N) is 1. The second-order valence-electron chi connectivity index (χ2n) is 4.77. The molecule has 0 aliphatic rings. The number of carbonyl (C=O) groups is 1. The van der Waals surface area contributed by atoms with E-state index in [1.165, 1.54) is 6.21 Å². The molecule has 23 heavy (non-hydrogen) atoms. The molecule has 0 saturated heterocycles. The Labute approximate surface area is 142 Å². The summed E-state index contributed by atoms with van der Waals surface area (Å²) >= 11 is 11.9. The SMILES string of the molecule is O=C(N/N=C\c1cc2ccccc2nc1Cl)c1ccc(Cl)cc1. The topological polar surface area (TPSA) is 54.4 Å². The van der Waals surface area contributed by atoms with Gasteiger partial charge in [0.1, 0.15) is 5.15 Å². The van der Waals surface area contributed by atoms with Gasteiger partial charge < -0.3 is 0 Å². The molecule has 1 aromatic heterocycles. The van der Waals surface area contributed by atoms with Crippen LogP contribution in [0.25, 0.3) is 10.9 Å². The number of aromatic nitrogens is 1. The minimum atomic E-state index is -0.331. The maximum atomic E-state index is 11.9. The molecule has 0 aliphatic carbocycles. The molecular weight excluding hydrogens is 333 g/mol. The molecule has 6 heteroatoms. The van der Waals surface area contributed by atoms with E-state index in [-0.39, 0.29) is 5.91 Å². The highest BCUT2D eigenvalue weighted by Crippen LogP contribution is 2.18. The van der Waals surface area contributed by atoms with Crippen molar-refractivity contribution < 1.29 is 4.79 Å². The van der Waals surface area contributed by atoms with E-state index in [0.717, 1.165) is 10.9 Å². The number of rotatable bonds is 3. The fourth-order valence-corrected chi connectivity index (χ4v) is 2.35. The van der Waals surface area contributed by atoms with E-state index in [0.29, 0.717) is 21.3 Å². The summed E-state index contributed by atoms with van der Waals surface area (Å²) < 4.78 is 0. The molecular formula is C17H11Cl2N3O. The van der Waals surface area contributed by atoms with Gasteiger partial charge in [0, 0.05) is 21.5 Å². The number of fused-ring (bicyclic) bond motifs is 1. The number of nitrogens with zero attached hydrogens (tertiary/aromatic N) is 2. The number of benzene rings is 2. The van der Waals surface area contributed by atoms with Crippen LogP contribution in [0.1, 0.15) is 15.9 Å². The summed E-state index contributed by atoms with van der Waals surface area (Å²) in [5, 5.41) is 5.77. The van der Waals surface area contributed by atoms with Crippen molar-refractivity contribution in [1.29, 1.82) is 0 Å². The lowest BCUT2D eigenvalue weighted by molar-refractivity contribution is 0.0955. The fourth-order valence-electron chi connectivity index (χ4n) is 2.03. The third-order valence-electron chi connectivity index (χ3n) is 3.18. The van der Waals surface area contributed by atoms with E-state index in [2.05, 4.69) is 15.5 Å². The molecule has 0 bridgehead atoms. The molecule has 1 N–H and O–H groups in total. The van der Waals surface area contributed by atoms with Crippen molar-refractivity contribution in [1.82, 2.24) is 10.4 Å². The average Bonchev–Trinajstić information content (AvgIpc) is 2.56. The molecule has 0 spiro atoms. The minimum Gasteiger partial charge on any atom is -0.267 e. The maximum Gasteiger partial charge on any atom is 0.271 e. The Hall–Kier alpha value is -2.43. The van der Waals surface area contributed by atoms with Crippen LogP contribution in [0.3, 0.4) is 0 Å². The van der Waals surface area contributed by atoms with Gasteiger partial charge >= 0.3 is 0 Å². The van der Waals surface area contributed by atoms with Crippen molar-refractivity contribution in [2.45, 2.75) is 0 Å². The van der Waals surface area contributed by atoms with Crippen LogP contribution < -0.4 is 5.43 Å². The molecule has 2 aromatic carbocycles. The monoisotopic (exact) mass is 343 g/mol. The van der Waals surface area contributed by atoms with E-state index in [1.54, 1.807) is 24.3 Å². The van der Waals surface area contributed by atoms with Gasteiger partial charge in [0.15, 0.2) is 0 Å². The normalized spacial score (nSPS) is 11.0. The average molecular weight is 344 g/mol. The summed E-state index contributed by atoms with van der Waals surface area (Å²) in [6, 6.07) is 16.0. The first kappa shape index (κ1) is 15.5. The zero-order valence-corrected chi connectivity index (χ0v) is 13.3. The highest BCUT2D eigenvalue weighted by molar-refractivity contribution is 6.32. The highest BCUT2D eigenvalue weighted by atomic mass is 35.5. The first-order valence-corrected chi connectivity index (χ1v) is 7.53. The third kappa shape index (κ3) is 3.67. The van der Waals surface area contributed by atoms with Gasteiger partial charge in [0.25, 0.3) is 5.91 Å². The number of hydrazone groups is 1. The van der Waals surface area contributed by atoms with Crippen molar-refractivity contribution in [3.05, 3.63) is 75.9 Å². The summed E-state index contributed by atoms with van der Waals surface area (Å²) in [6.45, 7) is 0. The van der Waals surface area contributed by atoms with E-state index >= 15 is 0 Å². The number of hydrogen-bond acceptors (Lipinski definition) is 3. The molecule has 0 radical (unpaired) electrons. The number of pyridine rings is 1. The van der Waals surface area contributed by atoms with E-state index in [1.807, 2.05) is 30.3 Å². The summed E-state index contributed by atoms with van der Waals surface area (Å²) in [5.74, 6) is -0.331. The number of halogens is 2. The molecule has 4 nitrogen and oxygen atoms in total. The summed E-state index contributed by atoms with van der Waals surface area (Å²) in [7, 11) is 0. The second kappa shape index (κ2) is 6.77. The Bertz CT molecular complexity index is 892. The Morgan fingerprint density at radius 2 is 1.83 bits per heavy atom. The molecule has 114 valence electrons. The number of amides is 1. The zero-order chi connectivity index (χ0) is 16.2. The van der Waals surface area contributed by atoms with E-state index < -0.39 is 0 Å². The molecule has 0 unspecified atom stereocenters. The van der Waals surface area contributed by atoms with Crippen LogP contribution in [0.4, 0.5) is 0 Å². The molecule has 0 aliphatic heterocycles. The lowest BCUT2D eigenvalue weighted by Gasteiger charge is -2.02. The minimum absolute atomic E-state index is 0.327. The molecule has 1 amide bonds. The molecule has 0 atom stereocenters. The molecule has 0 saturated carbocycles. The van der Waals surface area contributed by atoms with Crippen molar-refractivity contribution >= 4 is 46.2 Å². The van der Waals surface area contributed by atoms with Crippen LogP contribution in [0.2, 0.25) is 10.2 Å². The maximum absolute atomic E-state index is 11.9. The van der Waals surface area contributed by atoms with Crippen molar-refractivity contribution in [2.75, 3.05) is 0 Å². The largest absolute Gasteiger partial charge is 0.271 e. The molecule has 1 heterocycles. The fraction of sp³-hybridized carbons (Fsp3) is 0. The first-order chi connectivity index (χ1) is 11.1. The number of carbonyl (C=O) groups excluding carboxylic acids is 1. The smallest absolute Gasteiger partial charge is 0.267 e. The van der Waals surface area contributed by atoms with Gasteiger partial charge in [-0.05, 0) is 36.4 Å². The lowest BCUT2D eigenvalue weighted by atomic mass is 10.2. The lowest BCUT2D eigenvalue weighted by Crippen LogP contribution is -2.17. The third-order valence-corrected chi connectivity index (χ3v) is 3.74. The Morgan fingerprint density at radius 3 is 2.61 bits per heavy atom. The van der Waals surface area contributed by atoms with Gasteiger partial charge in [-0.15, -0.1) is 0 Å². The van der Waals surface area contributed by atoms with Crippen LogP contribution >= 0.6 is 23.2 Å². The number of hydrogen-bond donors (Lipinski definition) is 1. The highest BCUT2D eigenvalue weighted by Gasteiger charge is 2.05. The Balaban J connectivity index is 1.76. The summed E-state index contributed by atoms with van der Waals surface area (Å²) in [5.41, 5.74) is 4.34. The molecule has 3 aromatic rings. The summed E-state index contributed by atoms with van der Waals surface area (Å²) in [6.07, 6.45) is 1.47. The van der Waals surface area contributed by atoms with E-state index in [4.69, 9.17) is 23.2 Å². The van der Waals surface area contributed by atoms with Crippen LogP contribution in [-0.4, -0.2) is 17.1 Å². The predicted octanol–water partition coefficient (Wildman–Crippen LogP) is 4.31. The Morgan fingerprint density at radius 1 is 1.09 bits per heavy atom. The van der Waals surface area contributed by atoms with Crippen molar-refractivity contribution in [2.24, 2.45) is 5.10 Å². The van der Waals surface area contributed by atoms with Gasteiger partial charge in [-0.2, -0.15) is 5.10 Å².